The van der Waals surface area contributed by atoms with E-state index in [1.807, 2.05) is 13.8 Å². The summed E-state index contributed by atoms with van der Waals surface area (Å²) in [4.78, 5) is 16.3. The van der Waals surface area contributed by atoms with E-state index in [4.69, 9.17) is 4.74 Å². The van der Waals surface area contributed by atoms with Crippen LogP contribution in [-0.2, 0) is 9.53 Å². The zero-order chi connectivity index (χ0) is 12.8. The van der Waals surface area contributed by atoms with Crippen LogP contribution in [0.2, 0.25) is 0 Å². The molecule has 4 nitrogen and oxygen atoms in total. The second-order valence-corrected chi connectivity index (χ2v) is 5.16. The molecule has 4 heteroatoms. The lowest BCUT2D eigenvalue weighted by molar-refractivity contribution is -0.149. The fourth-order valence-electron chi connectivity index (χ4n) is 2.26. The number of carbonyl (C=O) groups is 1. The van der Waals surface area contributed by atoms with Gasteiger partial charge >= 0.3 is 5.97 Å². The van der Waals surface area contributed by atoms with Gasteiger partial charge in [0, 0.05) is 32.7 Å². The van der Waals surface area contributed by atoms with Gasteiger partial charge in [0.25, 0.3) is 0 Å². The van der Waals surface area contributed by atoms with E-state index in [9.17, 15) is 4.79 Å². The minimum atomic E-state index is -0.101. The third kappa shape index (κ3) is 4.64. The lowest BCUT2D eigenvalue weighted by Gasteiger charge is -2.37. The second-order valence-electron chi connectivity index (χ2n) is 5.16. The molecule has 1 aliphatic rings. The first-order chi connectivity index (χ1) is 8.04. The van der Waals surface area contributed by atoms with Gasteiger partial charge in [-0.2, -0.15) is 0 Å². The summed E-state index contributed by atoms with van der Waals surface area (Å²) in [5.41, 5.74) is 0. The van der Waals surface area contributed by atoms with E-state index in [1.54, 1.807) is 0 Å². The van der Waals surface area contributed by atoms with Crippen LogP contribution in [0.25, 0.3) is 0 Å². The molecule has 17 heavy (non-hydrogen) atoms. The van der Waals surface area contributed by atoms with Crippen molar-refractivity contribution in [1.29, 1.82) is 0 Å². The average Bonchev–Trinajstić information content (AvgIpc) is 2.28. The van der Waals surface area contributed by atoms with Crippen LogP contribution in [0.4, 0.5) is 0 Å². The van der Waals surface area contributed by atoms with Crippen LogP contribution in [0, 0.1) is 5.92 Å². The quantitative estimate of drug-likeness (QED) is 0.679. The molecule has 0 bridgehead atoms. The molecule has 0 spiro atoms. The van der Waals surface area contributed by atoms with Crippen LogP contribution in [-0.4, -0.2) is 61.1 Å². The van der Waals surface area contributed by atoms with Crippen LogP contribution in [0.3, 0.4) is 0 Å². The maximum Gasteiger partial charge on any atom is 0.323 e. The number of hydrogen-bond donors (Lipinski definition) is 0. The molecule has 1 rings (SSSR count). The van der Waals surface area contributed by atoms with E-state index < -0.39 is 0 Å². The summed E-state index contributed by atoms with van der Waals surface area (Å²) in [5.74, 6) is 0.619. The van der Waals surface area contributed by atoms with Crippen LogP contribution in [0.1, 0.15) is 27.7 Å². The molecule has 1 aliphatic heterocycles. The van der Waals surface area contributed by atoms with Crippen molar-refractivity contribution in [1.82, 2.24) is 9.80 Å². The lowest BCUT2D eigenvalue weighted by Crippen LogP contribution is -2.52. The molecule has 1 heterocycles. The van der Waals surface area contributed by atoms with Crippen molar-refractivity contribution in [3.05, 3.63) is 0 Å². The molecular formula is C13H26N2O2. The van der Waals surface area contributed by atoms with Gasteiger partial charge in [-0.25, -0.2) is 0 Å². The number of esters is 1. The summed E-state index contributed by atoms with van der Waals surface area (Å²) < 4.78 is 5.05. The summed E-state index contributed by atoms with van der Waals surface area (Å²) in [6.07, 6.45) is 0. The highest BCUT2D eigenvalue weighted by Gasteiger charge is 2.26. The first-order valence-corrected chi connectivity index (χ1v) is 6.67. The fourth-order valence-corrected chi connectivity index (χ4v) is 2.26. The molecule has 1 unspecified atom stereocenters. The molecule has 100 valence electrons. The Bertz CT molecular complexity index is 236. The number of piperazine rings is 1. The predicted octanol–water partition coefficient (Wildman–Crippen LogP) is 1.21. The van der Waals surface area contributed by atoms with Crippen LogP contribution < -0.4 is 0 Å². The molecule has 1 fully saturated rings. The van der Waals surface area contributed by atoms with Gasteiger partial charge in [-0.15, -0.1) is 0 Å². The van der Waals surface area contributed by atoms with Crippen molar-refractivity contribution >= 4 is 5.97 Å². The Balaban J connectivity index is 2.33. The van der Waals surface area contributed by atoms with Crippen molar-refractivity contribution < 1.29 is 9.53 Å². The smallest absolute Gasteiger partial charge is 0.323 e. The molecule has 1 atom stereocenters. The summed E-state index contributed by atoms with van der Waals surface area (Å²) in [6, 6.07) is -0.101. The summed E-state index contributed by atoms with van der Waals surface area (Å²) in [5, 5.41) is 0. The van der Waals surface area contributed by atoms with E-state index in [0.717, 1.165) is 32.7 Å². The molecule has 0 aliphatic carbocycles. The van der Waals surface area contributed by atoms with Crippen molar-refractivity contribution in [3.8, 4) is 0 Å². The Labute approximate surface area is 105 Å². The Morgan fingerprint density at radius 3 is 2.24 bits per heavy atom. The van der Waals surface area contributed by atoms with Crippen LogP contribution >= 0.6 is 0 Å². The summed E-state index contributed by atoms with van der Waals surface area (Å²) >= 11 is 0. The number of carbonyl (C=O) groups excluding carboxylic acids is 1. The molecule has 0 aromatic rings. The standard InChI is InChI=1S/C13H26N2O2/c1-5-17-13(16)12(4)15-8-6-14(7-9-15)10-11(2)3/h11-12H,5-10H2,1-4H3. The third-order valence-electron chi connectivity index (χ3n) is 3.21. The fraction of sp³-hybridized carbons (Fsp3) is 0.923. The van der Waals surface area contributed by atoms with Crippen LogP contribution in [0.5, 0.6) is 0 Å². The van der Waals surface area contributed by atoms with E-state index in [-0.39, 0.29) is 12.0 Å². The molecular weight excluding hydrogens is 216 g/mol. The Hall–Kier alpha value is -0.610. The van der Waals surface area contributed by atoms with Crippen LogP contribution in [0.15, 0.2) is 0 Å². The van der Waals surface area contributed by atoms with Gasteiger partial charge in [-0.3, -0.25) is 9.69 Å². The average molecular weight is 242 g/mol. The Kier molecular flexibility index (Phi) is 5.92. The first-order valence-electron chi connectivity index (χ1n) is 6.67. The first kappa shape index (κ1) is 14.5. The van der Waals surface area contributed by atoms with E-state index in [2.05, 4.69) is 23.6 Å². The van der Waals surface area contributed by atoms with Crippen molar-refractivity contribution in [3.63, 3.8) is 0 Å². The van der Waals surface area contributed by atoms with Crippen molar-refractivity contribution in [2.24, 2.45) is 5.92 Å². The van der Waals surface area contributed by atoms with Gasteiger partial charge in [0.2, 0.25) is 0 Å². The maximum absolute atomic E-state index is 11.6. The van der Waals surface area contributed by atoms with Gasteiger partial charge in [-0.05, 0) is 19.8 Å². The van der Waals surface area contributed by atoms with Gasteiger partial charge < -0.3 is 9.64 Å². The summed E-state index contributed by atoms with van der Waals surface area (Å²) in [7, 11) is 0. The second kappa shape index (κ2) is 6.97. The zero-order valence-electron chi connectivity index (χ0n) is 11.6. The highest BCUT2D eigenvalue weighted by molar-refractivity contribution is 5.75. The monoisotopic (exact) mass is 242 g/mol. The molecule has 0 amide bonds. The molecule has 0 aromatic carbocycles. The third-order valence-corrected chi connectivity index (χ3v) is 3.21. The number of ether oxygens (including phenoxy) is 1. The molecule has 0 aromatic heterocycles. The number of rotatable bonds is 5. The Morgan fingerprint density at radius 1 is 1.18 bits per heavy atom. The number of nitrogens with zero attached hydrogens (tertiary/aromatic N) is 2. The van der Waals surface area contributed by atoms with Crippen molar-refractivity contribution in [2.45, 2.75) is 33.7 Å². The lowest BCUT2D eigenvalue weighted by atomic mass is 10.1. The van der Waals surface area contributed by atoms with Gasteiger partial charge in [0.05, 0.1) is 6.61 Å². The highest BCUT2D eigenvalue weighted by Crippen LogP contribution is 2.09. The van der Waals surface area contributed by atoms with Gasteiger partial charge in [0.15, 0.2) is 0 Å². The SMILES string of the molecule is CCOC(=O)C(C)N1CCN(CC(C)C)CC1. The molecule has 0 N–H and O–H groups in total. The topological polar surface area (TPSA) is 32.8 Å². The normalized spacial score (nSPS) is 20.5. The maximum atomic E-state index is 11.6. The van der Waals surface area contributed by atoms with Gasteiger partial charge in [0.1, 0.15) is 6.04 Å². The Morgan fingerprint density at radius 2 is 1.76 bits per heavy atom. The largest absolute Gasteiger partial charge is 0.465 e. The molecule has 1 saturated heterocycles. The highest BCUT2D eigenvalue weighted by atomic mass is 16.5. The van der Waals surface area contributed by atoms with Crippen molar-refractivity contribution in [2.75, 3.05) is 39.3 Å². The van der Waals surface area contributed by atoms with E-state index in [0.29, 0.717) is 12.5 Å². The van der Waals surface area contributed by atoms with Gasteiger partial charge in [-0.1, -0.05) is 13.8 Å². The summed E-state index contributed by atoms with van der Waals surface area (Å²) in [6.45, 7) is 13.9. The van der Waals surface area contributed by atoms with E-state index in [1.165, 1.54) is 0 Å². The minimum absolute atomic E-state index is 0.0928. The zero-order valence-corrected chi connectivity index (χ0v) is 11.6. The molecule has 0 saturated carbocycles. The number of hydrogen-bond acceptors (Lipinski definition) is 4. The minimum Gasteiger partial charge on any atom is -0.465 e. The predicted molar refractivity (Wildman–Crippen MR) is 68.9 cm³/mol. The van der Waals surface area contributed by atoms with E-state index >= 15 is 0 Å². The molecule has 0 radical (unpaired) electrons.